The van der Waals surface area contributed by atoms with E-state index in [0.717, 1.165) is 34.0 Å². The number of hydrogen-bond acceptors (Lipinski definition) is 2. The van der Waals surface area contributed by atoms with Gasteiger partial charge in [0, 0.05) is 21.2 Å². The summed E-state index contributed by atoms with van der Waals surface area (Å²) in [7, 11) is 1.66. The predicted octanol–water partition coefficient (Wildman–Crippen LogP) is 6.52. The molecule has 0 N–H and O–H groups in total. The Hall–Kier alpha value is -2.75. The van der Waals surface area contributed by atoms with E-state index < -0.39 is 0 Å². The minimum atomic E-state index is 0.694. The van der Waals surface area contributed by atoms with Crippen molar-refractivity contribution in [1.29, 1.82) is 0 Å². The van der Waals surface area contributed by atoms with Gasteiger partial charge in [-0.05, 0) is 42.5 Å². The van der Waals surface area contributed by atoms with Crippen molar-refractivity contribution < 1.29 is 4.74 Å². The summed E-state index contributed by atoms with van der Waals surface area (Å²) >= 11 is 12.1. The number of nitrogens with zero attached hydrogens (tertiary/aromatic N) is 2. The van der Waals surface area contributed by atoms with Crippen LogP contribution in [0.25, 0.3) is 28.2 Å². The highest BCUT2D eigenvalue weighted by atomic mass is 35.5. The van der Waals surface area contributed by atoms with Crippen LogP contribution in [0.5, 0.6) is 5.75 Å². The molecule has 4 aromatic rings. The third kappa shape index (κ3) is 3.57. The standard InChI is InChI=1S/C22H16Cl2N2O/c1-27-22-5-3-2-4-20(22)26-21(16-8-12-18(24)13-9-16)14-19(25-26)15-6-10-17(23)11-7-15/h2-14H,1H3. The van der Waals surface area contributed by atoms with E-state index in [2.05, 4.69) is 6.07 Å². The molecule has 4 rings (SSSR count). The van der Waals surface area contributed by atoms with Crippen molar-refractivity contribution in [3.05, 3.63) is 88.9 Å². The normalized spacial score (nSPS) is 10.8. The second-order valence-electron chi connectivity index (χ2n) is 6.01. The number of ether oxygens (including phenoxy) is 1. The second kappa shape index (κ2) is 7.47. The maximum absolute atomic E-state index is 6.06. The number of halogens is 2. The fourth-order valence-electron chi connectivity index (χ4n) is 2.96. The average molecular weight is 395 g/mol. The van der Waals surface area contributed by atoms with E-state index in [1.807, 2.05) is 77.5 Å². The van der Waals surface area contributed by atoms with E-state index in [-0.39, 0.29) is 0 Å². The molecular weight excluding hydrogens is 379 g/mol. The zero-order valence-electron chi connectivity index (χ0n) is 14.6. The molecule has 3 nitrogen and oxygen atoms in total. The summed E-state index contributed by atoms with van der Waals surface area (Å²) in [5.41, 5.74) is 4.66. The van der Waals surface area contributed by atoms with Crippen molar-refractivity contribution in [2.75, 3.05) is 7.11 Å². The van der Waals surface area contributed by atoms with Gasteiger partial charge in [0.05, 0.1) is 18.5 Å². The van der Waals surface area contributed by atoms with Crippen LogP contribution in [0.2, 0.25) is 10.0 Å². The van der Waals surface area contributed by atoms with Crippen LogP contribution < -0.4 is 4.74 Å². The molecule has 1 heterocycles. The first kappa shape index (κ1) is 17.7. The van der Waals surface area contributed by atoms with Gasteiger partial charge in [0.25, 0.3) is 0 Å². The molecular formula is C22H16Cl2N2O. The van der Waals surface area contributed by atoms with Gasteiger partial charge in [-0.15, -0.1) is 0 Å². The molecule has 0 aliphatic rings. The highest BCUT2D eigenvalue weighted by Gasteiger charge is 2.15. The Labute approximate surface area is 167 Å². The molecule has 0 unspecified atom stereocenters. The lowest BCUT2D eigenvalue weighted by atomic mass is 10.1. The Balaban J connectivity index is 1.92. The maximum Gasteiger partial charge on any atom is 0.144 e. The van der Waals surface area contributed by atoms with Gasteiger partial charge >= 0.3 is 0 Å². The number of rotatable bonds is 4. The quantitative estimate of drug-likeness (QED) is 0.393. The van der Waals surface area contributed by atoms with Gasteiger partial charge in [-0.3, -0.25) is 0 Å². The Morgan fingerprint density at radius 2 is 1.37 bits per heavy atom. The highest BCUT2D eigenvalue weighted by Crippen LogP contribution is 2.32. The molecule has 3 aromatic carbocycles. The topological polar surface area (TPSA) is 27.1 Å². The van der Waals surface area contributed by atoms with Crippen molar-refractivity contribution in [2.45, 2.75) is 0 Å². The Morgan fingerprint density at radius 3 is 2.00 bits per heavy atom. The van der Waals surface area contributed by atoms with E-state index in [4.69, 9.17) is 33.0 Å². The van der Waals surface area contributed by atoms with Crippen molar-refractivity contribution in [3.63, 3.8) is 0 Å². The molecule has 0 atom stereocenters. The maximum atomic E-state index is 6.06. The zero-order valence-corrected chi connectivity index (χ0v) is 16.1. The first-order valence-corrected chi connectivity index (χ1v) is 9.16. The highest BCUT2D eigenvalue weighted by molar-refractivity contribution is 6.30. The van der Waals surface area contributed by atoms with Crippen LogP contribution in [0.4, 0.5) is 0 Å². The van der Waals surface area contributed by atoms with Crippen LogP contribution in [-0.2, 0) is 0 Å². The second-order valence-corrected chi connectivity index (χ2v) is 6.89. The Bertz CT molecular complexity index is 1070. The summed E-state index contributed by atoms with van der Waals surface area (Å²) in [5.74, 6) is 0.749. The number of benzene rings is 3. The molecule has 27 heavy (non-hydrogen) atoms. The van der Waals surface area contributed by atoms with E-state index in [1.54, 1.807) is 7.11 Å². The molecule has 0 aliphatic carbocycles. The van der Waals surface area contributed by atoms with Crippen LogP contribution in [0.3, 0.4) is 0 Å². The number of para-hydroxylation sites is 2. The van der Waals surface area contributed by atoms with E-state index in [0.29, 0.717) is 10.0 Å². The lowest BCUT2D eigenvalue weighted by molar-refractivity contribution is 0.412. The third-order valence-corrected chi connectivity index (χ3v) is 4.81. The molecule has 0 amide bonds. The van der Waals surface area contributed by atoms with Gasteiger partial charge in [-0.2, -0.15) is 5.10 Å². The molecule has 0 radical (unpaired) electrons. The van der Waals surface area contributed by atoms with Crippen molar-refractivity contribution >= 4 is 23.2 Å². The fourth-order valence-corrected chi connectivity index (χ4v) is 3.21. The Kier molecular flexibility index (Phi) is 4.88. The SMILES string of the molecule is COc1ccccc1-n1nc(-c2ccc(Cl)cc2)cc1-c1ccc(Cl)cc1. The molecule has 0 spiro atoms. The molecule has 1 aromatic heterocycles. The largest absolute Gasteiger partial charge is 0.494 e. The molecule has 5 heteroatoms. The summed E-state index contributed by atoms with van der Waals surface area (Å²) in [6, 6.07) is 25.2. The minimum absolute atomic E-state index is 0.694. The van der Waals surface area contributed by atoms with Crippen LogP contribution in [0.1, 0.15) is 0 Å². The zero-order chi connectivity index (χ0) is 18.8. The van der Waals surface area contributed by atoms with Crippen LogP contribution in [-0.4, -0.2) is 16.9 Å². The number of hydrogen-bond donors (Lipinski definition) is 0. The molecule has 0 saturated carbocycles. The lowest BCUT2D eigenvalue weighted by Crippen LogP contribution is -2.02. The molecule has 0 bridgehead atoms. The third-order valence-electron chi connectivity index (χ3n) is 4.30. The van der Waals surface area contributed by atoms with Crippen molar-refractivity contribution in [1.82, 2.24) is 9.78 Å². The molecule has 0 fully saturated rings. The first-order chi connectivity index (χ1) is 13.2. The monoisotopic (exact) mass is 394 g/mol. The summed E-state index contributed by atoms with van der Waals surface area (Å²) in [6.07, 6.45) is 0. The number of aromatic nitrogens is 2. The average Bonchev–Trinajstić information content (AvgIpc) is 3.14. The van der Waals surface area contributed by atoms with Crippen molar-refractivity contribution in [2.24, 2.45) is 0 Å². The van der Waals surface area contributed by atoms with Gasteiger partial charge in [0.15, 0.2) is 0 Å². The predicted molar refractivity (Wildman–Crippen MR) is 111 cm³/mol. The summed E-state index contributed by atoms with van der Waals surface area (Å²) < 4.78 is 7.44. The molecule has 134 valence electrons. The van der Waals surface area contributed by atoms with E-state index in [1.165, 1.54) is 0 Å². The van der Waals surface area contributed by atoms with E-state index >= 15 is 0 Å². The number of methoxy groups -OCH3 is 1. The van der Waals surface area contributed by atoms with Gasteiger partial charge in [-0.25, -0.2) is 4.68 Å². The van der Waals surface area contributed by atoms with E-state index in [9.17, 15) is 0 Å². The van der Waals surface area contributed by atoms with Gasteiger partial charge in [0.2, 0.25) is 0 Å². The molecule has 0 aliphatic heterocycles. The summed E-state index contributed by atoms with van der Waals surface area (Å²) in [5, 5.41) is 6.24. The van der Waals surface area contributed by atoms with Crippen LogP contribution >= 0.6 is 23.2 Å². The van der Waals surface area contributed by atoms with Crippen LogP contribution in [0, 0.1) is 0 Å². The van der Waals surface area contributed by atoms with Gasteiger partial charge in [0.1, 0.15) is 11.4 Å². The smallest absolute Gasteiger partial charge is 0.144 e. The first-order valence-electron chi connectivity index (χ1n) is 8.41. The molecule has 0 saturated heterocycles. The van der Waals surface area contributed by atoms with Gasteiger partial charge < -0.3 is 4.74 Å². The minimum Gasteiger partial charge on any atom is -0.494 e. The van der Waals surface area contributed by atoms with Gasteiger partial charge in [-0.1, -0.05) is 59.6 Å². The Morgan fingerprint density at radius 1 is 0.778 bits per heavy atom. The van der Waals surface area contributed by atoms with Crippen molar-refractivity contribution in [3.8, 4) is 34.0 Å². The van der Waals surface area contributed by atoms with Crippen LogP contribution in [0.15, 0.2) is 78.9 Å². The summed E-state index contributed by atoms with van der Waals surface area (Å²) in [6.45, 7) is 0. The summed E-state index contributed by atoms with van der Waals surface area (Å²) in [4.78, 5) is 0. The lowest BCUT2D eigenvalue weighted by Gasteiger charge is -2.11. The fraction of sp³-hybridized carbons (Fsp3) is 0.0455.